The number of oxime groups is 1. The van der Waals surface area contributed by atoms with Gasteiger partial charge in [0.1, 0.15) is 6.33 Å². The standard InChI is InChI=1S/C11H12N6O3/c1-6-7(2)16(5-14-6)11-9(17(19)20)3-8(4-13-11)10(12)15-18/h3-5,18H,1-2H3,(H2,12,15). The third-order valence-corrected chi connectivity index (χ3v) is 2.93. The summed E-state index contributed by atoms with van der Waals surface area (Å²) in [5, 5.41) is 22.6. The largest absolute Gasteiger partial charge is 0.409 e. The highest BCUT2D eigenvalue weighted by Gasteiger charge is 2.21. The normalized spacial score (nSPS) is 11.6. The van der Waals surface area contributed by atoms with E-state index in [0.29, 0.717) is 0 Å². The molecule has 0 aliphatic rings. The van der Waals surface area contributed by atoms with Crippen LogP contribution in [0.4, 0.5) is 5.69 Å². The quantitative estimate of drug-likeness (QED) is 0.281. The van der Waals surface area contributed by atoms with E-state index in [-0.39, 0.29) is 22.9 Å². The van der Waals surface area contributed by atoms with Crippen LogP contribution in [0.3, 0.4) is 0 Å². The predicted octanol–water partition coefficient (Wildman–Crippen LogP) is 0.887. The molecule has 2 aromatic heterocycles. The molecule has 2 rings (SSSR count). The fourth-order valence-electron chi connectivity index (χ4n) is 1.68. The molecule has 0 unspecified atom stereocenters. The molecule has 3 N–H and O–H groups in total. The molecular weight excluding hydrogens is 264 g/mol. The van der Waals surface area contributed by atoms with Crippen molar-refractivity contribution in [3.8, 4) is 5.82 Å². The average Bonchev–Trinajstić information content (AvgIpc) is 2.77. The molecule has 2 aromatic rings. The van der Waals surface area contributed by atoms with Crippen molar-refractivity contribution in [2.45, 2.75) is 13.8 Å². The minimum absolute atomic E-state index is 0.127. The molecule has 0 aliphatic heterocycles. The number of aromatic nitrogens is 3. The second-order valence-corrected chi connectivity index (χ2v) is 4.09. The molecule has 0 saturated heterocycles. The van der Waals surface area contributed by atoms with Crippen LogP contribution in [0.25, 0.3) is 5.82 Å². The fourth-order valence-corrected chi connectivity index (χ4v) is 1.68. The van der Waals surface area contributed by atoms with Gasteiger partial charge in [-0.1, -0.05) is 5.16 Å². The molecule has 2 heterocycles. The molecule has 20 heavy (non-hydrogen) atoms. The smallest absolute Gasteiger partial charge is 0.313 e. The molecule has 9 heteroatoms. The molecule has 0 fully saturated rings. The number of hydrogen-bond donors (Lipinski definition) is 2. The Morgan fingerprint density at radius 2 is 2.20 bits per heavy atom. The van der Waals surface area contributed by atoms with Crippen LogP contribution in [0.1, 0.15) is 17.0 Å². The van der Waals surface area contributed by atoms with Crippen molar-refractivity contribution < 1.29 is 10.1 Å². The Hall–Kier alpha value is -2.97. The molecule has 0 aliphatic carbocycles. The molecule has 9 nitrogen and oxygen atoms in total. The highest BCUT2D eigenvalue weighted by molar-refractivity contribution is 5.97. The van der Waals surface area contributed by atoms with E-state index in [1.807, 2.05) is 0 Å². The lowest BCUT2D eigenvalue weighted by Gasteiger charge is -2.06. The van der Waals surface area contributed by atoms with Gasteiger partial charge < -0.3 is 10.9 Å². The molecule has 0 aromatic carbocycles. The number of nitrogens with zero attached hydrogens (tertiary/aromatic N) is 5. The van der Waals surface area contributed by atoms with Crippen molar-refractivity contribution in [2.75, 3.05) is 0 Å². The van der Waals surface area contributed by atoms with Crippen molar-refractivity contribution in [1.82, 2.24) is 14.5 Å². The predicted molar refractivity (Wildman–Crippen MR) is 70.0 cm³/mol. The van der Waals surface area contributed by atoms with Gasteiger partial charge in [-0.15, -0.1) is 0 Å². The lowest BCUT2D eigenvalue weighted by atomic mass is 10.2. The van der Waals surface area contributed by atoms with Crippen molar-refractivity contribution >= 4 is 11.5 Å². The fraction of sp³-hybridized carbons (Fsp3) is 0.182. The molecule has 0 bridgehead atoms. The van der Waals surface area contributed by atoms with E-state index >= 15 is 0 Å². The Labute approximate surface area is 113 Å². The summed E-state index contributed by atoms with van der Waals surface area (Å²) in [7, 11) is 0. The van der Waals surface area contributed by atoms with Crippen LogP contribution in [0.5, 0.6) is 0 Å². The number of rotatable bonds is 3. The topological polar surface area (TPSA) is 132 Å². The highest BCUT2D eigenvalue weighted by atomic mass is 16.6. The van der Waals surface area contributed by atoms with Crippen molar-refractivity contribution in [2.24, 2.45) is 10.9 Å². The maximum absolute atomic E-state index is 11.2. The first-order chi connectivity index (χ1) is 9.45. The van der Waals surface area contributed by atoms with Gasteiger partial charge in [-0.3, -0.25) is 14.7 Å². The van der Waals surface area contributed by atoms with Gasteiger partial charge in [0.2, 0.25) is 5.82 Å². The van der Waals surface area contributed by atoms with Crippen molar-refractivity contribution in [3.63, 3.8) is 0 Å². The van der Waals surface area contributed by atoms with E-state index in [1.165, 1.54) is 23.2 Å². The molecule has 104 valence electrons. The van der Waals surface area contributed by atoms with Gasteiger partial charge >= 0.3 is 5.69 Å². The number of imidazole rings is 1. The molecule has 0 atom stereocenters. The third kappa shape index (κ3) is 2.16. The van der Waals surface area contributed by atoms with Gasteiger partial charge in [-0.05, 0) is 13.8 Å². The Bertz CT molecular complexity index is 706. The first kappa shape index (κ1) is 13.5. The van der Waals surface area contributed by atoms with Crippen LogP contribution in [0.2, 0.25) is 0 Å². The molecule has 0 amide bonds. The first-order valence-corrected chi connectivity index (χ1v) is 5.59. The first-order valence-electron chi connectivity index (χ1n) is 5.59. The Morgan fingerprint density at radius 3 is 2.70 bits per heavy atom. The summed E-state index contributed by atoms with van der Waals surface area (Å²) in [5.74, 6) is -0.117. The van der Waals surface area contributed by atoms with Crippen LogP contribution in [0.15, 0.2) is 23.7 Å². The van der Waals surface area contributed by atoms with E-state index in [4.69, 9.17) is 10.9 Å². The second-order valence-electron chi connectivity index (χ2n) is 4.09. The number of nitrogens with two attached hydrogens (primary N) is 1. The summed E-state index contributed by atoms with van der Waals surface area (Å²) < 4.78 is 1.52. The van der Waals surface area contributed by atoms with Gasteiger partial charge in [0.25, 0.3) is 0 Å². The second kappa shape index (κ2) is 4.96. The number of hydrogen-bond acceptors (Lipinski definition) is 6. The number of pyridine rings is 1. The molecular formula is C11H12N6O3. The summed E-state index contributed by atoms with van der Waals surface area (Å²) in [6, 6.07) is 1.20. The summed E-state index contributed by atoms with van der Waals surface area (Å²) in [4.78, 5) is 18.7. The van der Waals surface area contributed by atoms with Gasteiger partial charge in [-0.2, -0.15) is 0 Å². The van der Waals surface area contributed by atoms with E-state index in [2.05, 4.69) is 15.1 Å². The Kier molecular flexibility index (Phi) is 3.34. The number of aryl methyl sites for hydroxylation is 1. The van der Waals surface area contributed by atoms with E-state index in [1.54, 1.807) is 13.8 Å². The Morgan fingerprint density at radius 1 is 1.50 bits per heavy atom. The monoisotopic (exact) mass is 276 g/mol. The SMILES string of the molecule is Cc1ncn(-c2ncc(C(N)=NO)cc2[N+](=O)[O-])c1C. The van der Waals surface area contributed by atoms with E-state index in [9.17, 15) is 10.1 Å². The Balaban J connectivity index is 2.65. The van der Waals surface area contributed by atoms with Crippen LogP contribution in [-0.2, 0) is 0 Å². The lowest BCUT2D eigenvalue weighted by Crippen LogP contribution is -2.15. The van der Waals surface area contributed by atoms with Crippen LogP contribution >= 0.6 is 0 Å². The maximum atomic E-state index is 11.2. The number of amidine groups is 1. The summed E-state index contributed by atoms with van der Waals surface area (Å²) in [5.41, 5.74) is 6.81. The zero-order valence-electron chi connectivity index (χ0n) is 10.8. The number of nitro groups is 1. The van der Waals surface area contributed by atoms with Gasteiger partial charge in [0, 0.05) is 23.5 Å². The lowest BCUT2D eigenvalue weighted by molar-refractivity contribution is -0.384. The van der Waals surface area contributed by atoms with Gasteiger partial charge in [0.15, 0.2) is 5.84 Å². The minimum atomic E-state index is -0.578. The third-order valence-electron chi connectivity index (χ3n) is 2.93. The van der Waals surface area contributed by atoms with Gasteiger partial charge in [0.05, 0.1) is 10.6 Å². The zero-order valence-corrected chi connectivity index (χ0v) is 10.8. The van der Waals surface area contributed by atoms with E-state index in [0.717, 1.165) is 11.4 Å². The average molecular weight is 276 g/mol. The molecule has 0 saturated carbocycles. The van der Waals surface area contributed by atoms with Crippen LogP contribution < -0.4 is 5.73 Å². The van der Waals surface area contributed by atoms with Crippen LogP contribution in [-0.4, -0.2) is 30.5 Å². The minimum Gasteiger partial charge on any atom is -0.409 e. The summed E-state index contributed by atoms with van der Waals surface area (Å²) in [6.45, 7) is 3.58. The summed E-state index contributed by atoms with van der Waals surface area (Å²) in [6.07, 6.45) is 2.76. The van der Waals surface area contributed by atoms with Crippen molar-refractivity contribution in [1.29, 1.82) is 0 Å². The molecule has 0 spiro atoms. The molecule has 0 radical (unpaired) electrons. The van der Waals surface area contributed by atoms with Gasteiger partial charge in [-0.25, -0.2) is 9.97 Å². The van der Waals surface area contributed by atoms with Crippen LogP contribution in [0, 0.1) is 24.0 Å². The zero-order chi connectivity index (χ0) is 14.9. The highest BCUT2D eigenvalue weighted by Crippen LogP contribution is 2.23. The summed E-state index contributed by atoms with van der Waals surface area (Å²) >= 11 is 0. The maximum Gasteiger partial charge on any atom is 0.313 e. The van der Waals surface area contributed by atoms with E-state index < -0.39 is 4.92 Å². The van der Waals surface area contributed by atoms with Crippen molar-refractivity contribution in [3.05, 3.63) is 45.7 Å².